The van der Waals surface area contributed by atoms with E-state index in [9.17, 15) is 9.50 Å². The van der Waals surface area contributed by atoms with Crippen molar-refractivity contribution in [2.75, 3.05) is 45.2 Å². The first-order chi connectivity index (χ1) is 15.2. The van der Waals surface area contributed by atoms with E-state index in [1.165, 1.54) is 12.7 Å². The number of aliphatic hydroxyl groups is 1. The molecule has 7 nitrogen and oxygen atoms in total. The number of alkyl halides is 1. The Morgan fingerprint density at radius 1 is 1.28 bits per heavy atom. The minimum Gasteiger partial charge on any atom is -0.382 e. The van der Waals surface area contributed by atoms with E-state index >= 15 is 0 Å². The molecule has 2 rings (SSSR count). The van der Waals surface area contributed by atoms with Crippen LogP contribution in [0, 0.1) is 0 Å². The number of nitrogens with two attached hydrogens (primary N) is 1. The fourth-order valence-corrected chi connectivity index (χ4v) is 3.88. The van der Waals surface area contributed by atoms with Crippen LogP contribution in [0.25, 0.3) is 0 Å². The molecule has 2 heterocycles. The monoisotopic (exact) mass is 454 g/mol. The normalized spacial score (nSPS) is 17.0. The molecule has 0 amide bonds. The van der Waals surface area contributed by atoms with Crippen LogP contribution >= 0.6 is 0 Å². The van der Waals surface area contributed by atoms with Crippen LogP contribution < -0.4 is 11.1 Å². The molecule has 8 heteroatoms. The second kappa shape index (κ2) is 13.4. The van der Waals surface area contributed by atoms with Crippen LogP contribution in [0.3, 0.4) is 0 Å². The first kappa shape index (κ1) is 26.9. The molecule has 0 aliphatic carbocycles. The lowest BCUT2D eigenvalue weighted by Crippen LogP contribution is -2.44. The summed E-state index contributed by atoms with van der Waals surface area (Å²) in [7, 11) is 1.51. The topological polar surface area (TPSA) is 92.9 Å². The van der Waals surface area contributed by atoms with Crippen molar-refractivity contribution in [3.63, 3.8) is 0 Å². The number of hydrogen-bond acceptors (Lipinski definition) is 7. The zero-order chi connectivity index (χ0) is 23.6. The van der Waals surface area contributed by atoms with Gasteiger partial charge in [-0.15, -0.1) is 0 Å². The van der Waals surface area contributed by atoms with E-state index in [1.54, 1.807) is 0 Å². The Balaban J connectivity index is 1.80. The number of rotatable bonds is 14. The number of nitrogens with one attached hydrogen (secondary N) is 1. The van der Waals surface area contributed by atoms with E-state index in [-0.39, 0.29) is 13.2 Å². The average Bonchev–Trinajstić information content (AvgIpc) is 2.73. The van der Waals surface area contributed by atoms with Gasteiger partial charge in [-0.2, -0.15) is 0 Å². The zero-order valence-corrected chi connectivity index (χ0v) is 20.3. The van der Waals surface area contributed by atoms with Crippen LogP contribution in [0.15, 0.2) is 12.1 Å². The van der Waals surface area contributed by atoms with Crippen molar-refractivity contribution in [2.24, 2.45) is 5.73 Å². The summed E-state index contributed by atoms with van der Waals surface area (Å²) in [6, 6.07) is 3.78. The van der Waals surface area contributed by atoms with Gasteiger partial charge in [0.2, 0.25) is 0 Å². The molecule has 1 unspecified atom stereocenters. The van der Waals surface area contributed by atoms with Crippen LogP contribution in [-0.4, -0.2) is 79.0 Å². The summed E-state index contributed by atoms with van der Waals surface area (Å²) in [4.78, 5) is 6.82. The van der Waals surface area contributed by atoms with E-state index in [1.807, 2.05) is 20.8 Å². The summed E-state index contributed by atoms with van der Waals surface area (Å²) in [6.45, 7) is 8.33. The number of anilines is 1. The van der Waals surface area contributed by atoms with Gasteiger partial charge in [0, 0.05) is 25.9 Å². The molecule has 0 saturated carbocycles. The van der Waals surface area contributed by atoms with Crippen LogP contribution in [0.5, 0.6) is 0 Å². The lowest BCUT2D eigenvalue weighted by atomic mass is 10.1. The van der Waals surface area contributed by atoms with Gasteiger partial charge in [-0.3, -0.25) is 0 Å². The minimum atomic E-state index is -1.06. The average molecular weight is 455 g/mol. The van der Waals surface area contributed by atoms with Crippen molar-refractivity contribution in [3.05, 3.63) is 23.4 Å². The Kier molecular flexibility index (Phi) is 11.3. The van der Waals surface area contributed by atoms with Crippen LogP contribution in [0.4, 0.5) is 10.2 Å². The van der Waals surface area contributed by atoms with Crippen molar-refractivity contribution in [2.45, 2.75) is 83.4 Å². The maximum absolute atomic E-state index is 14.2. The van der Waals surface area contributed by atoms with Crippen LogP contribution in [0.2, 0.25) is 0 Å². The highest BCUT2D eigenvalue weighted by molar-refractivity contribution is 5.46. The van der Waals surface area contributed by atoms with Gasteiger partial charge < -0.3 is 30.5 Å². The number of pyridine rings is 1. The molecule has 3 atom stereocenters. The molecular weight excluding hydrogens is 411 g/mol. The molecule has 1 aliphatic heterocycles. The molecule has 0 spiro atoms. The van der Waals surface area contributed by atoms with Gasteiger partial charge in [-0.05, 0) is 84.0 Å². The largest absolute Gasteiger partial charge is 0.382 e. The van der Waals surface area contributed by atoms with Crippen molar-refractivity contribution in [1.29, 1.82) is 0 Å². The Morgan fingerprint density at radius 2 is 2.06 bits per heavy atom. The first-order valence-electron chi connectivity index (χ1n) is 11.9. The van der Waals surface area contributed by atoms with Gasteiger partial charge in [0.15, 0.2) is 6.29 Å². The SMILES string of the molecule is COC[C@@H](F)CN(CCCCc1ccc2c(n1)NCCC2)CC[C@H](N)C(O)OC(C)(C)C. The Hall–Kier alpha value is -1.32. The summed E-state index contributed by atoms with van der Waals surface area (Å²) in [5.41, 5.74) is 8.03. The second-order valence-corrected chi connectivity index (χ2v) is 9.72. The highest BCUT2D eigenvalue weighted by Gasteiger charge is 2.23. The molecule has 0 radical (unpaired) electrons. The standard InChI is InChI=1S/C24H43FN4O3/c1-24(2,3)32-23(30)21(26)12-15-29(16-19(25)17-31-4)14-6-5-9-20-11-10-18-8-7-13-27-22(18)28-20/h10-11,19,21,23,30H,5-9,12-17,26H2,1-4H3,(H,27,28)/t19-,21-,23?/m0/s1. The van der Waals surface area contributed by atoms with E-state index in [0.717, 1.165) is 56.7 Å². The molecule has 0 saturated heterocycles. The quantitative estimate of drug-likeness (QED) is 0.294. The number of aryl methyl sites for hydroxylation is 2. The predicted octanol–water partition coefficient (Wildman–Crippen LogP) is 2.90. The number of hydrogen-bond donors (Lipinski definition) is 3. The third-order valence-electron chi connectivity index (χ3n) is 5.53. The van der Waals surface area contributed by atoms with E-state index in [2.05, 4.69) is 22.3 Å². The molecule has 32 heavy (non-hydrogen) atoms. The van der Waals surface area contributed by atoms with E-state index in [4.69, 9.17) is 20.2 Å². The molecule has 184 valence electrons. The molecule has 1 aliphatic rings. The maximum Gasteiger partial charge on any atom is 0.170 e. The maximum atomic E-state index is 14.2. The van der Waals surface area contributed by atoms with Gasteiger partial charge >= 0.3 is 0 Å². The van der Waals surface area contributed by atoms with E-state index in [0.29, 0.717) is 13.0 Å². The van der Waals surface area contributed by atoms with Gasteiger partial charge in [0.05, 0.1) is 18.2 Å². The number of unbranched alkanes of at least 4 members (excludes halogenated alkanes) is 1. The lowest BCUT2D eigenvalue weighted by Gasteiger charge is -2.30. The number of halogens is 1. The molecular formula is C24H43FN4O3. The van der Waals surface area contributed by atoms with Gasteiger partial charge in [0.1, 0.15) is 12.0 Å². The number of ether oxygens (including phenoxy) is 2. The molecule has 1 aromatic heterocycles. The summed E-state index contributed by atoms with van der Waals surface area (Å²) in [6.07, 6.45) is 3.49. The number of methoxy groups -OCH3 is 1. The van der Waals surface area contributed by atoms with Gasteiger partial charge in [0.25, 0.3) is 0 Å². The molecule has 0 bridgehead atoms. The van der Waals surface area contributed by atoms with E-state index < -0.39 is 24.1 Å². The van der Waals surface area contributed by atoms with Gasteiger partial charge in [-0.1, -0.05) is 6.07 Å². The third-order valence-corrected chi connectivity index (χ3v) is 5.53. The molecule has 0 aromatic carbocycles. The smallest absolute Gasteiger partial charge is 0.170 e. The van der Waals surface area contributed by atoms with Crippen LogP contribution in [0.1, 0.15) is 57.7 Å². The Bertz CT molecular complexity index is 671. The lowest BCUT2D eigenvalue weighted by molar-refractivity contribution is -0.176. The zero-order valence-electron chi connectivity index (χ0n) is 20.3. The van der Waals surface area contributed by atoms with Crippen molar-refractivity contribution >= 4 is 5.82 Å². The summed E-state index contributed by atoms with van der Waals surface area (Å²) >= 11 is 0. The van der Waals surface area contributed by atoms with Crippen molar-refractivity contribution in [1.82, 2.24) is 9.88 Å². The predicted molar refractivity (Wildman–Crippen MR) is 127 cm³/mol. The third kappa shape index (κ3) is 10.1. The molecule has 1 aromatic rings. The fraction of sp³-hybridized carbons (Fsp3) is 0.792. The summed E-state index contributed by atoms with van der Waals surface area (Å²) in [5, 5.41) is 13.6. The first-order valence-corrected chi connectivity index (χ1v) is 11.9. The number of nitrogens with zero attached hydrogens (tertiary/aromatic N) is 2. The highest BCUT2D eigenvalue weighted by Crippen LogP contribution is 2.20. The Morgan fingerprint density at radius 3 is 2.78 bits per heavy atom. The fourth-order valence-electron chi connectivity index (χ4n) is 3.88. The second-order valence-electron chi connectivity index (χ2n) is 9.72. The molecule has 0 fully saturated rings. The van der Waals surface area contributed by atoms with Crippen molar-refractivity contribution < 1.29 is 19.0 Å². The summed E-state index contributed by atoms with van der Waals surface area (Å²) < 4.78 is 24.7. The van der Waals surface area contributed by atoms with Crippen molar-refractivity contribution in [3.8, 4) is 0 Å². The number of aromatic nitrogens is 1. The number of aliphatic hydroxyl groups excluding tert-OH is 1. The minimum absolute atomic E-state index is 0.0738. The number of fused-ring (bicyclic) bond motifs is 1. The van der Waals surface area contributed by atoms with Crippen LogP contribution in [-0.2, 0) is 22.3 Å². The Labute approximate surface area is 192 Å². The highest BCUT2D eigenvalue weighted by atomic mass is 19.1. The summed E-state index contributed by atoms with van der Waals surface area (Å²) in [5.74, 6) is 1.03. The van der Waals surface area contributed by atoms with Gasteiger partial charge in [-0.25, -0.2) is 9.37 Å². The molecule has 4 N–H and O–H groups in total.